The van der Waals surface area contributed by atoms with E-state index in [0.717, 1.165) is 9.80 Å². The third-order valence-electron chi connectivity index (χ3n) is 4.48. The van der Waals surface area contributed by atoms with E-state index < -0.39 is 29.4 Å². The zero-order valence-corrected chi connectivity index (χ0v) is 14.0. The molecular formula is C16H15N3O5S. The van der Waals surface area contributed by atoms with Crippen LogP contribution in [0.15, 0.2) is 29.2 Å². The lowest BCUT2D eigenvalue weighted by Gasteiger charge is -2.28. The summed E-state index contributed by atoms with van der Waals surface area (Å²) in [5, 5.41) is 2.52. The van der Waals surface area contributed by atoms with Crippen LogP contribution in [0.2, 0.25) is 0 Å². The number of ether oxygens (including phenoxy) is 1. The second kappa shape index (κ2) is 5.76. The molecule has 1 atom stereocenters. The van der Waals surface area contributed by atoms with Gasteiger partial charge in [0.05, 0.1) is 5.69 Å². The molecule has 0 spiro atoms. The SMILES string of the molecule is O=C(COC(=O)[C@@]12CCC(=O)N1c1ccccc1S2)N1CCNC1=O. The molecule has 0 saturated carbocycles. The fourth-order valence-electron chi connectivity index (χ4n) is 3.30. The quantitative estimate of drug-likeness (QED) is 0.797. The van der Waals surface area contributed by atoms with Crippen molar-refractivity contribution in [1.29, 1.82) is 0 Å². The lowest BCUT2D eigenvalue weighted by atomic mass is 10.2. The number of hydrogen-bond donors (Lipinski definition) is 1. The maximum absolute atomic E-state index is 12.8. The summed E-state index contributed by atoms with van der Waals surface area (Å²) in [6.45, 7) is 0.119. The van der Waals surface area contributed by atoms with Gasteiger partial charge in [0.1, 0.15) is 0 Å². The van der Waals surface area contributed by atoms with Gasteiger partial charge in [-0.1, -0.05) is 23.9 Å². The van der Waals surface area contributed by atoms with Gasteiger partial charge in [0.25, 0.3) is 5.91 Å². The van der Waals surface area contributed by atoms with Crippen LogP contribution in [0, 0.1) is 0 Å². The number of benzene rings is 1. The van der Waals surface area contributed by atoms with Gasteiger partial charge in [-0.15, -0.1) is 0 Å². The third kappa shape index (κ3) is 2.38. The number of imide groups is 1. The van der Waals surface area contributed by atoms with E-state index >= 15 is 0 Å². The number of urea groups is 1. The highest BCUT2D eigenvalue weighted by molar-refractivity contribution is 8.02. The van der Waals surface area contributed by atoms with Crippen LogP contribution in [-0.4, -0.2) is 53.3 Å². The van der Waals surface area contributed by atoms with E-state index in [1.54, 1.807) is 6.07 Å². The molecule has 0 aliphatic carbocycles. The molecule has 0 bridgehead atoms. The van der Waals surface area contributed by atoms with E-state index in [9.17, 15) is 19.2 Å². The number of hydrogen-bond acceptors (Lipinski definition) is 6. The van der Waals surface area contributed by atoms with Gasteiger partial charge in [0.15, 0.2) is 11.5 Å². The highest BCUT2D eigenvalue weighted by Crippen LogP contribution is 2.56. The van der Waals surface area contributed by atoms with Crippen molar-refractivity contribution in [2.24, 2.45) is 0 Å². The van der Waals surface area contributed by atoms with Gasteiger partial charge < -0.3 is 10.1 Å². The van der Waals surface area contributed by atoms with Gasteiger partial charge in [-0.2, -0.15) is 0 Å². The first-order valence-corrected chi connectivity index (χ1v) is 8.71. The first-order valence-electron chi connectivity index (χ1n) is 7.89. The molecule has 9 heteroatoms. The van der Waals surface area contributed by atoms with Crippen LogP contribution in [0.5, 0.6) is 0 Å². The van der Waals surface area contributed by atoms with Crippen molar-refractivity contribution in [1.82, 2.24) is 10.2 Å². The fraction of sp³-hybridized carbons (Fsp3) is 0.375. The molecule has 8 nitrogen and oxygen atoms in total. The number of fused-ring (bicyclic) bond motifs is 3. The number of thioether (sulfide) groups is 1. The van der Waals surface area contributed by atoms with Crippen molar-refractivity contribution in [3.8, 4) is 0 Å². The minimum Gasteiger partial charge on any atom is -0.453 e. The molecule has 1 N–H and O–H groups in total. The summed E-state index contributed by atoms with van der Waals surface area (Å²) in [6.07, 6.45) is 0.571. The number of rotatable bonds is 3. The maximum Gasteiger partial charge on any atom is 0.344 e. The third-order valence-corrected chi connectivity index (χ3v) is 5.93. The summed E-state index contributed by atoms with van der Waals surface area (Å²) < 4.78 is 5.21. The normalized spacial score (nSPS) is 24.2. The second-order valence-electron chi connectivity index (χ2n) is 5.94. The van der Waals surface area contributed by atoms with Gasteiger partial charge >= 0.3 is 12.0 Å². The summed E-state index contributed by atoms with van der Waals surface area (Å²) in [4.78, 5) is 50.7. The molecule has 2 saturated heterocycles. The Balaban J connectivity index is 1.51. The molecule has 0 radical (unpaired) electrons. The first-order chi connectivity index (χ1) is 12.0. The Labute approximate surface area is 147 Å². The zero-order valence-electron chi connectivity index (χ0n) is 13.2. The first kappa shape index (κ1) is 15.9. The Hall–Kier alpha value is -2.55. The van der Waals surface area contributed by atoms with Gasteiger partial charge in [-0.3, -0.25) is 19.4 Å². The lowest BCUT2D eigenvalue weighted by Crippen LogP contribution is -2.48. The minimum absolute atomic E-state index is 0.139. The van der Waals surface area contributed by atoms with Gasteiger partial charge in [0.2, 0.25) is 5.91 Å². The Morgan fingerprint density at radius 2 is 2.08 bits per heavy atom. The van der Waals surface area contributed by atoms with Crippen molar-refractivity contribution < 1.29 is 23.9 Å². The molecule has 0 unspecified atom stereocenters. The standard InChI is InChI=1S/C16H15N3O5S/c20-12-5-6-16(19(12)10-3-1-2-4-11(10)25-16)14(22)24-9-13(21)18-8-7-17-15(18)23/h1-4H,5-9H2,(H,17,23)/t16-/m0/s1. The summed E-state index contributed by atoms with van der Waals surface area (Å²) in [5.41, 5.74) is 0.692. The summed E-state index contributed by atoms with van der Waals surface area (Å²) >= 11 is 1.28. The number of para-hydroxylation sites is 1. The molecule has 130 valence electrons. The number of carbonyl (C=O) groups is 4. The summed E-state index contributed by atoms with van der Waals surface area (Å²) in [7, 11) is 0. The van der Waals surface area contributed by atoms with Crippen molar-refractivity contribution in [3.05, 3.63) is 24.3 Å². The number of esters is 1. The van der Waals surface area contributed by atoms with E-state index in [2.05, 4.69) is 5.32 Å². The molecule has 1 aromatic rings. The number of amides is 4. The monoisotopic (exact) mass is 361 g/mol. The molecule has 3 aliphatic heterocycles. The topological polar surface area (TPSA) is 96.0 Å². The number of carbonyl (C=O) groups excluding carboxylic acids is 4. The molecule has 3 aliphatic rings. The van der Waals surface area contributed by atoms with Crippen molar-refractivity contribution >= 4 is 41.3 Å². The molecule has 4 amide bonds. The van der Waals surface area contributed by atoms with Crippen LogP contribution in [0.4, 0.5) is 10.5 Å². The van der Waals surface area contributed by atoms with E-state index in [1.165, 1.54) is 16.7 Å². The maximum atomic E-state index is 12.8. The van der Waals surface area contributed by atoms with Crippen molar-refractivity contribution in [3.63, 3.8) is 0 Å². The van der Waals surface area contributed by atoms with Crippen LogP contribution in [0.1, 0.15) is 12.8 Å². The average molecular weight is 361 g/mol. The molecule has 25 heavy (non-hydrogen) atoms. The predicted octanol–water partition coefficient (Wildman–Crippen LogP) is 0.710. The van der Waals surface area contributed by atoms with Crippen LogP contribution >= 0.6 is 11.8 Å². The van der Waals surface area contributed by atoms with E-state index in [-0.39, 0.29) is 18.9 Å². The Morgan fingerprint density at radius 1 is 1.28 bits per heavy atom. The zero-order chi connectivity index (χ0) is 17.6. The average Bonchev–Trinajstić information content (AvgIpc) is 3.26. The molecule has 1 aromatic carbocycles. The summed E-state index contributed by atoms with van der Waals surface area (Å²) in [6, 6.07) is 6.80. The molecule has 3 heterocycles. The number of nitrogens with zero attached hydrogens (tertiary/aromatic N) is 2. The van der Waals surface area contributed by atoms with Crippen LogP contribution in [0.25, 0.3) is 0 Å². The van der Waals surface area contributed by atoms with Gasteiger partial charge in [0, 0.05) is 30.8 Å². The lowest BCUT2D eigenvalue weighted by molar-refractivity contribution is -0.152. The number of nitrogens with one attached hydrogen (secondary N) is 1. The predicted molar refractivity (Wildman–Crippen MR) is 87.8 cm³/mol. The van der Waals surface area contributed by atoms with Gasteiger partial charge in [-0.05, 0) is 12.1 Å². The largest absolute Gasteiger partial charge is 0.453 e. The van der Waals surface area contributed by atoms with Crippen LogP contribution in [-0.2, 0) is 19.1 Å². The Kier molecular flexibility index (Phi) is 3.68. The molecule has 2 fully saturated rings. The van der Waals surface area contributed by atoms with Crippen molar-refractivity contribution in [2.45, 2.75) is 22.6 Å². The minimum atomic E-state index is -1.16. The van der Waals surface area contributed by atoms with E-state index in [0.29, 0.717) is 18.7 Å². The smallest absolute Gasteiger partial charge is 0.344 e. The molecular weight excluding hydrogens is 346 g/mol. The highest BCUT2D eigenvalue weighted by Gasteiger charge is 2.58. The van der Waals surface area contributed by atoms with E-state index in [4.69, 9.17) is 4.74 Å². The summed E-state index contributed by atoms with van der Waals surface area (Å²) in [5.74, 6) is -1.34. The highest BCUT2D eigenvalue weighted by atomic mass is 32.2. The van der Waals surface area contributed by atoms with Crippen LogP contribution in [0.3, 0.4) is 0 Å². The van der Waals surface area contributed by atoms with E-state index in [1.807, 2.05) is 18.2 Å². The van der Waals surface area contributed by atoms with Gasteiger partial charge in [-0.25, -0.2) is 9.59 Å². The second-order valence-corrected chi connectivity index (χ2v) is 7.26. The van der Waals surface area contributed by atoms with Crippen molar-refractivity contribution in [2.75, 3.05) is 24.6 Å². The fourth-order valence-corrected chi connectivity index (χ4v) is 4.71. The molecule has 0 aromatic heterocycles. The van der Waals surface area contributed by atoms with Crippen LogP contribution < -0.4 is 10.2 Å². The molecule has 4 rings (SSSR count). The Morgan fingerprint density at radius 3 is 2.84 bits per heavy atom. The number of anilines is 1. The Bertz CT molecular complexity index is 798.